The molecule has 0 aliphatic carbocycles. The van der Waals surface area contributed by atoms with Gasteiger partial charge in [0.1, 0.15) is 5.60 Å². The summed E-state index contributed by atoms with van der Waals surface area (Å²) >= 11 is 0. The van der Waals surface area contributed by atoms with Gasteiger partial charge in [-0.15, -0.1) is 10.2 Å². The molecule has 0 saturated carbocycles. The third kappa shape index (κ3) is 3.29. The van der Waals surface area contributed by atoms with Crippen LogP contribution in [0.5, 0.6) is 0 Å². The monoisotopic (exact) mass is 253 g/mol. The van der Waals surface area contributed by atoms with Crippen LogP contribution < -0.4 is 5.32 Å². The molecule has 0 spiro atoms. The van der Waals surface area contributed by atoms with Gasteiger partial charge in [0.05, 0.1) is 0 Å². The molecule has 102 valence electrons. The fraction of sp³-hybridized carbons (Fsp3) is 0.846. The molecule has 1 aromatic heterocycles. The number of rotatable bonds is 4. The van der Waals surface area contributed by atoms with Crippen LogP contribution in [0.3, 0.4) is 0 Å². The number of aromatic nitrogens is 2. The molecule has 5 heteroatoms. The lowest BCUT2D eigenvalue weighted by molar-refractivity contribution is -0.00614. The Balaban J connectivity index is 1.90. The van der Waals surface area contributed by atoms with E-state index in [1.165, 1.54) is 0 Å². The van der Waals surface area contributed by atoms with E-state index < -0.39 is 0 Å². The largest absolute Gasteiger partial charge is 0.422 e. The summed E-state index contributed by atoms with van der Waals surface area (Å²) in [6.45, 7) is 10.0. The Morgan fingerprint density at radius 2 is 2.11 bits per heavy atom. The highest BCUT2D eigenvalue weighted by Crippen LogP contribution is 2.34. The van der Waals surface area contributed by atoms with Gasteiger partial charge >= 0.3 is 0 Å². The SMILES string of the molecule is CC(C)(C)NCCc1nnc(C2(C)CCCO2)o1. The molecule has 18 heavy (non-hydrogen) atoms. The van der Waals surface area contributed by atoms with Gasteiger partial charge in [-0.3, -0.25) is 0 Å². The first-order chi connectivity index (χ1) is 8.39. The van der Waals surface area contributed by atoms with E-state index in [2.05, 4.69) is 36.3 Å². The third-order valence-corrected chi connectivity index (χ3v) is 3.13. The summed E-state index contributed by atoms with van der Waals surface area (Å²) in [6.07, 6.45) is 2.76. The molecule has 1 atom stereocenters. The molecule has 0 aromatic carbocycles. The normalized spacial score (nSPS) is 24.7. The van der Waals surface area contributed by atoms with E-state index in [0.717, 1.165) is 32.4 Å². The second-order valence-electron chi connectivity index (χ2n) is 6.11. The summed E-state index contributed by atoms with van der Waals surface area (Å²) in [5.74, 6) is 1.30. The quantitative estimate of drug-likeness (QED) is 0.889. The molecule has 1 unspecified atom stereocenters. The van der Waals surface area contributed by atoms with Crippen molar-refractivity contribution in [3.63, 3.8) is 0 Å². The summed E-state index contributed by atoms with van der Waals surface area (Å²) in [7, 11) is 0. The Morgan fingerprint density at radius 1 is 1.33 bits per heavy atom. The number of ether oxygens (including phenoxy) is 1. The van der Waals surface area contributed by atoms with Gasteiger partial charge in [-0.25, -0.2) is 0 Å². The van der Waals surface area contributed by atoms with Crippen molar-refractivity contribution in [2.45, 2.75) is 58.1 Å². The minimum Gasteiger partial charge on any atom is -0.422 e. The zero-order valence-corrected chi connectivity index (χ0v) is 11.7. The average molecular weight is 253 g/mol. The van der Waals surface area contributed by atoms with Crippen LogP contribution in [-0.4, -0.2) is 28.9 Å². The summed E-state index contributed by atoms with van der Waals surface area (Å²) in [4.78, 5) is 0. The van der Waals surface area contributed by atoms with Crippen LogP contribution in [0.2, 0.25) is 0 Å². The van der Waals surface area contributed by atoms with E-state index in [1.54, 1.807) is 0 Å². The van der Waals surface area contributed by atoms with Crippen molar-refractivity contribution in [1.82, 2.24) is 15.5 Å². The molecule has 2 heterocycles. The van der Waals surface area contributed by atoms with E-state index >= 15 is 0 Å². The van der Waals surface area contributed by atoms with E-state index in [1.807, 2.05) is 6.92 Å². The van der Waals surface area contributed by atoms with Crippen molar-refractivity contribution >= 4 is 0 Å². The second kappa shape index (κ2) is 4.97. The average Bonchev–Trinajstić information content (AvgIpc) is 2.86. The van der Waals surface area contributed by atoms with Crippen LogP contribution in [0.25, 0.3) is 0 Å². The number of nitrogens with one attached hydrogen (secondary N) is 1. The predicted octanol–water partition coefficient (Wildman–Crippen LogP) is 2.03. The molecular weight excluding hydrogens is 230 g/mol. The Labute approximate surface area is 108 Å². The number of nitrogens with zero attached hydrogens (tertiary/aromatic N) is 2. The standard InChI is InChI=1S/C13H23N3O2/c1-12(2,3)14-8-6-10-15-16-11(18-10)13(4)7-5-9-17-13/h14H,5-9H2,1-4H3. The molecule has 0 radical (unpaired) electrons. The second-order valence-corrected chi connectivity index (χ2v) is 6.11. The minimum absolute atomic E-state index is 0.114. The summed E-state index contributed by atoms with van der Waals surface area (Å²) in [5, 5.41) is 11.6. The highest BCUT2D eigenvalue weighted by molar-refractivity contribution is 4.98. The molecule has 1 saturated heterocycles. The van der Waals surface area contributed by atoms with Gasteiger partial charge in [0.2, 0.25) is 11.8 Å². The molecule has 5 nitrogen and oxygen atoms in total. The van der Waals surface area contributed by atoms with E-state index in [4.69, 9.17) is 9.15 Å². The molecule has 1 aliphatic heterocycles. The molecule has 1 fully saturated rings. The highest BCUT2D eigenvalue weighted by atomic mass is 16.5. The Hall–Kier alpha value is -0.940. The van der Waals surface area contributed by atoms with Gasteiger partial charge in [0, 0.05) is 25.1 Å². The van der Waals surface area contributed by atoms with Gasteiger partial charge in [0.25, 0.3) is 0 Å². The van der Waals surface area contributed by atoms with E-state index in [9.17, 15) is 0 Å². The minimum atomic E-state index is -0.372. The predicted molar refractivity (Wildman–Crippen MR) is 68.3 cm³/mol. The molecule has 0 amide bonds. The van der Waals surface area contributed by atoms with Crippen molar-refractivity contribution < 1.29 is 9.15 Å². The van der Waals surface area contributed by atoms with Crippen LogP contribution in [0, 0.1) is 0 Å². The van der Waals surface area contributed by atoms with Crippen LogP contribution in [-0.2, 0) is 16.8 Å². The Bertz CT molecular complexity index is 389. The summed E-state index contributed by atoms with van der Waals surface area (Å²) in [5.41, 5.74) is -0.258. The first-order valence-corrected chi connectivity index (χ1v) is 6.61. The summed E-state index contributed by atoms with van der Waals surface area (Å²) in [6, 6.07) is 0. The maximum Gasteiger partial charge on any atom is 0.247 e. The lowest BCUT2D eigenvalue weighted by Crippen LogP contribution is -2.37. The zero-order valence-electron chi connectivity index (χ0n) is 11.7. The van der Waals surface area contributed by atoms with Crippen LogP contribution in [0.1, 0.15) is 52.3 Å². The fourth-order valence-electron chi connectivity index (χ4n) is 2.06. The van der Waals surface area contributed by atoms with Crippen molar-refractivity contribution in [2.75, 3.05) is 13.2 Å². The Kier molecular flexibility index (Phi) is 3.73. The first-order valence-electron chi connectivity index (χ1n) is 6.61. The maximum absolute atomic E-state index is 5.70. The van der Waals surface area contributed by atoms with Gasteiger partial charge < -0.3 is 14.5 Å². The van der Waals surface area contributed by atoms with Crippen molar-refractivity contribution in [3.05, 3.63) is 11.8 Å². The summed E-state index contributed by atoms with van der Waals surface area (Å²) < 4.78 is 11.4. The topological polar surface area (TPSA) is 60.2 Å². The third-order valence-electron chi connectivity index (χ3n) is 3.13. The Morgan fingerprint density at radius 3 is 2.72 bits per heavy atom. The van der Waals surface area contributed by atoms with Gasteiger partial charge in [0.15, 0.2) is 0 Å². The van der Waals surface area contributed by atoms with Crippen LogP contribution in [0.4, 0.5) is 0 Å². The van der Waals surface area contributed by atoms with Gasteiger partial charge in [-0.1, -0.05) is 0 Å². The molecule has 2 rings (SSSR count). The van der Waals surface area contributed by atoms with Crippen molar-refractivity contribution in [3.8, 4) is 0 Å². The molecule has 1 N–H and O–H groups in total. The lowest BCUT2D eigenvalue weighted by atomic mass is 10.0. The van der Waals surface area contributed by atoms with E-state index in [-0.39, 0.29) is 11.1 Å². The molecule has 1 aliphatic rings. The fourth-order valence-corrected chi connectivity index (χ4v) is 2.06. The number of hydrogen-bond donors (Lipinski definition) is 1. The lowest BCUT2D eigenvalue weighted by Gasteiger charge is -2.19. The van der Waals surface area contributed by atoms with Gasteiger partial charge in [-0.2, -0.15) is 0 Å². The maximum atomic E-state index is 5.70. The van der Waals surface area contributed by atoms with Crippen molar-refractivity contribution in [1.29, 1.82) is 0 Å². The van der Waals surface area contributed by atoms with E-state index in [0.29, 0.717) is 11.8 Å². The zero-order chi connectivity index (χ0) is 13.2. The number of hydrogen-bond acceptors (Lipinski definition) is 5. The van der Waals surface area contributed by atoms with Crippen molar-refractivity contribution in [2.24, 2.45) is 0 Å². The van der Waals surface area contributed by atoms with Crippen LogP contribution >= 0.6 is 0 Å². The molecule has 1 aromatic rings. The smallest absolute Gasteiger partial charge is 0.247 e. The first kappa shape index (κ1) is 13.5. The highest BCUT2D eigenvalue weighted by Gasteiger charge is 2.37. The molecule has 0 bridgehead atoms. The van der Waals surface area contributed by atoms with Crippen LogP contribution in [0.15, 0.2) is 4.42 Å². The molecular formula is C13H23N3O2. The van der Waals surface area contributed by atoms with Gasteiger partial charge in [-0.05, 0) is 40.5 Å².